The Bertz CT molecular complexity index is 710. The van der Waals surface area contributed by atoms with Crippen LogP contribution < -0.4 is 0 Å². The first kappa shape index (κ1) is 14.9. The molecule has 2 rings (SSSR count). The average Bonchev–Trinajstić information content (AvgIpc) is 2.45. The molecular formula is C19H20O2. The maximum atomic E-state index is 10.2. The normalized spacial score (nSPS) is 11.6. The molecule has 0 aliphatic rings. The van der Waals surface area contributed by atoms with E-state index in [1.165, 1.54) is 0 Å². The molecule has 2 aromatic rings. The molecule has 0 bridgehead atoms. The lowest BCUT2D eigenvalue weighted by Gasteiger charge is -2.11. The number of hydrogen-bond donors (Lipinski definition) is 2. The lowest BCUT2D eigenvalue weighted by atomic mass is 9.96. The summed E-state index contributed by atoms with van der Waals surface area (Å²) >= 11 is 0. The van der Waals surface area contributed by atoms with Gasteiger partial charge in [0.1, 0.15) is 11.5 Å². The summed E-state index contributed by atoms with van der Waals surface area (Å²) < 4.78 is 0. The minimum atomic E-state index is 0.161. The third-order valence-electron chi connectivity index (χ3n) is 3.40. The van der Waals surface area contributed by atoms with Crippen molar-refractivity contribution in [3.05, 3.63) is 59.2 Å². The van der Waals surface area contributed by atoms with Gasteiger partial charge in [-0.15, -0.1) is 0 Å². The Morgan fingerprint density at radius 3 is 2.14 bits per heavy atom. The van der Waals surface area contributed by atoms with Crippen LogP contribution in [0.5, 0.6) is 11.5 Å². The van der Waals surface area contributed by atoms with Gasteiger partial charge in [-0.3, -0.25) is 0 Å². The summed E-state index contributed by atoms with van der Waals surface area (Å²) in [6.07, 6.45) is 7.85. The topological polar surface area (TPSA) is 40.5 Å². The van der Waals surface area contributed by atoms with Crippen molar-refractivity contribution in [2.24, 2.45) is 0 Å². The van der Waals surface area contributed by atoms with Gasteiger partial charge in [0, 0.05) is 11.1 Å². The van der Waals surface area contributed by atoms with Crippen LogP contribution in [-0.2, 0) is 0 Å². The van der Waals surface area contributed by atoms with Crippen molar-refractivity contribution in [3.8, 4) is 22.6 Å². The van der Waals surface area contributed by atoms with E-state index in [1.54, 1.807) is 12.1 Å². The van der Waals surface area contributed by atoms with Crippen LogP contribution in [-0.4, -0.2) is 10.2 Å². The zero-order chi connectivity index (χ0) is 15.4. The van der Waals surface area contributed by atoms with Gasteiger partial charge in [-0.1, -0.05) is 30.4 Å². The molecule has 0 radical (unpaired) electrons. The van der Waals surface area contributed by atoms with Crippen LogP contribution in [0, 0.1) is 6.92 Å². The van der Waals surface area contributed by atoms with Crippen LogP contribution in [0.25, 0.3) is 23.3 Å². The Kier molecular flexibility index (Phi) is 4.49. The minimum Gasteiger partial charge on any atom is -0.507 e. The molecule has 0 aliphatic carbocycles. The summed E-state index contributed by atoms with van der Waals surface area (Å²) in [5.41, 5.74) is 4.28. The SMILES string of the molecule is C/C=C/c1ccc(O)c(-c2cc(/C=C/C)c(C)cc2O)c1. The van der Waals surface area contributed by atoms with Gasteiger partial charge >= 0.3 is 0 Å². The predicted octanol–water partition coefficient (Wildman–Crippen LogP) is 5.14. The Morgan fingerprint density at radius 1 is 0.810 bits per heavy atom. The highest BCUT2D eigenvalue weighted by atomic mass is 16.3. The summed E-state index contributed by atoms with van der Waals surface area (Å²) in [7, 11) is 0. The number of benzene rings is 2. The average molecular weight is 280 g/mol. The van der Waals surface area contributed by atoms with Crippen LogP contribution in [0.15, 0.2) is 42.5 Å². The Labute approximate surface area is 125 Å². The second-order valence-corrected chi connectivity index (χ2v) is 5.00. The molecule has 0 aromatic heterocycles. The molecule has 2 nitrogen and oxygen atoms in total. The predicted molar refractivity (Wildman–Crippen MR) is 89.4 cm³/mol. The number of hydrogen-bond acceptors (Lipinski definition) is 2. The van der Waals surface area contributed by atoms with Crippen molar-refractivity contribution < 1.29 is 10.2 Å². The highest BCUT2D eigenvalue weighted by molar-refractivity contribution is 5.80. The zero-order valence-corrected chi connectivity index (χ0v) is 12.6. The highest BCUT2D eigenvalue weighted by Gasteiger charge is 2.11. The molecule has 0 atom stereocenters. The van der Waals surface area contributed by atoms with Gasteiger partial charge in [-0.25, -0.2) is 0 Å². The first-order valence-electron chi connectivity index (χ1n) is 6.99. The van der Waals surface area contributed by atoms with Crippen LogP contribution in [0.2, 0.25) is 0 Å². The van der Waals surface area contributed by atoms with E-state index in [4.69, 9.17) is 0 Å². The van der Waals surface area contributed by atoms with Gasteiger partial charge < -0.3 is 10.2 Å². The van der Waals surface area contributed by atoms with Gasteiger partial charge in [-0.2, -0.15) is 0 Å². The molecule has 0 spiro atoms. The molecular weight excluding hydrogens is 260 g/mol. The van der Waals surface area contributed by atoms with E-state index in [0.29, 0.717) is 11.1 Å². The van der Waals surface area contributed by atoms with Crippen molar-refractivity contribution in [2.75, 3.05) is 0 Å². The smallest absolute Gasteiger partial charge is 0.123 e. The lowest BCUT2D eigenvalue weighted by molar-refractivity contribution is 0.469. The van der Waals surface area contributed by atoms with Crippen LogP contribution in [0.3, 0.4) is 0 Å². The Balaban J connectivity index is 2.65. The Hall–Kier alpha value is -2.48. The van der Waals surface area contributed by atoms with E-state index < -0.39 is 0 Å². The maximum Gasteiger partial charge on any atom is 0.123 e. The van der Waals surface area contributed by atoms with Crippen molar-refractivity contribution in [1.29, 1.82) is 0 Å². The molecule has 0 unspecified atom stereocenters. The van der Waals surface area contributed by atoms with Gasteiger partial charge in [0.05, 0.1) is 0 Å². The molecule has 0 saturated heterocycles. The fourth-order valence-electron chi connectivity index (χ4n) is 2.35. The quantitative estimate of drug-likeness (QED) is 0.817. The maximum absolute atomic E-state index is 10.2. The van der Waals surface area contributed by atoms with E-state index in [0.717, 1.165) is 16.7 Å². The van der Waals surface area contributed by atoms with E-state index >= 15 is 0 Å². The second kappa shape index (κ2) is 6.31. The van der Waals surface area contributed by atoms with Crippen molar-refractivity contribution in [2.45, 2.75) is 20.8 Å². The molecule has 0 amide bonds. The largest absolute Gasteiger partial charge is 0.507 e. The van der Waals surface area contributed by atoms with E-state index in [1.807, 2.05) is 63.3 Å². The van der Waals surface area contributed by atoms with Gasteiger partial charge in [0.25, 0.3) is 0 Å². The number of aryl methyl sites for hydroxylation is 1. The number of rotatable bonds is 3. The lowest BCUT2D eigenvalue weighted by Crippen LogP contribution is -1.87. The van der Waals surface area contributed by atoms with Gasteiger partial charge in [-0.05, 0) is 61.7 Å². The van der Waals surface area contributed by atoms with Crippen LogP contribution in [0.4, 0.5) is 0 Å². The molecule has 21 heavy (non-hydrogen) atoms. The van der Waals surface area contributed by atoms with Crippen molar-refractivity contribution >= 4 is 12.2 Å². The first-order valence-corrected chi connectivity index (χ1v) is 6.99. The highest BCUT2D eigenvalue weighted by Crippen LogP contribution is 2.38. The summed E-state index contributed by atoms with van der Waals surface area (Å²) in [5.74, 6) is 0.336. The summed E-state index contributed by atoms with van der Waals surface area (Å²) in [4.78, 5) is 0. The fourth-order valence-corrected chi connectivity index (χ4v) is 2.35. The van der Waals surface area contributed by atoms with E-state index in [-0.39, 0.29) is 11.5 Å². The summed E-state index contributed by atoms with van der Waals surface area (Å²) in [6, 6.07) is 9.00. The number of phenolic OH excluding ortho intramolecular Hbond substituents is 2. The summed E-state index contributed by atoms with van der Waals surface area (Å²) in [6.45, 7) is 5.85. The third kappa shape index (κ3) is 3.16. The van der Waals surface area contributed by atoms with E-state index in [2.05, 4.69) is 0 Å². The van der Waals surface area contributed by atoms with Gasteiger partial charge in [0.15, 0.2) is 0 Å². The Morgan fingerprint density at radius 2 is 1.48 bits per heavy atom. The molecule has 2 heteroatoms. The van der Waals surface area contributed by atoms with Crippen LogP contribution >= 0.6 is 0 Å². The standard InChI is InChI=1S/C19H20O2/c1-4-6-14-8-9-18(20)16(11-14)17-12-15(7-5-2)13(3)10-19(17)21/h4-12,20-21H,1-3H3/b6-4+,7-5+. The molecule has 0 saturated carbocycles. The molecule has 0 heterocycles. The number of allylic oxidation sites excluding steroid dienone is 2. The van der Waals surface area contributed by atoms with E-state index in [9.17, 15) is 10.2 Å². The van der Waals surface area contributed by atoms with Crippen molar-refractivity contribution in [1.82, 2.24) is 0 Å². The summed E-state index contributed by atoms with van der Waals surface area (Å²) in [5, 5.41) is 20.3. The van der Waals surface area contributed by atoms with Crippen LogP contribution in [0.1, 0.15) is 30.5 Å². The minimum absolute atomic E-state index is 0.161. The third-order valence-corrected chi connectivity index (χ3v) is 3.40. The first-order chi connectivity index (χ1) is 10.1. The second-order valence-electron chi connectivity index (χ2n) is 5.00. The van der Waals surface area contributed by atoms with Crippen molar-refractivity contribution in [3.63, 3.8) is 0 Å². The molecule has 2 N–H and O–H groups in total. The molecule has 0 aliphatic heterocycles. The molecule has 2 aromatic carbocycles. The monoisotopic (exact) mass is 280 g/mol. The van der Waals surface area contributed by atoms with Gasteiger partial charge in [0.2, 0.25) is 0 Å². The number of aromatic hydroxyl groups is 2. The number of phenols is 2. The molecule has 0 fully saturated rings. The fraction of sp³-hybridized carbons (Fsp3) is 0.158. The molecule has 108 valence electrons. The zero-order valence-electron chi connectivity index (χ0n) is 12.6.